The Morgan fingerprint density at radius 2 is 1.83 bits per heavy atom. The molecule has 3 atom stereocenters. The number of carbonyl (C=O) groups is 3. The van der Waals surface area contributed by atoms with Gasteiger partial charge in [-0.05, 0) is 36.7 Å². The van der Waals surface area contributed by atoms with Gasteiger partial charge in [0.15, 0.2) is 5.72 Å². The lowest BCUT2D eigenvalue weighted by atomic mass is 9.71. The van der Waals surface area contributed by atoms with E-state index in [1.54, 1.807) is 0 Å². The van der Waals surface area contributed by atoms with Gasteiger partial charge in [-0.1, -0.05) is 44.2 Å². The highest BCUT2D eigenvalue weighted by atomic mass is 16.6. The average molecular weight is 577 g/mol. The topological polar surface area (TPSA) is 117 Å². The number of nitrogens with two attached hydrogens (primary N) is 1. The predicted molar refractivity (Wildman–Crippen MR) is 157 cm³/mol. The Morgan fingerprint density at radius 1 is 1.12 bits per heavy atom. The van der Waals surface area contributed by atoms with Crippen molar-refractivity contribution in [3.8, 4) is 0 Å². The molecule has 3 amide bonds. The van der Waals surface area contributed by atoms with E-state index in [1.807, 2.05) is 45.1 Å². The van der Waals surface area contributed by atoms with E-state index in [0.717, 1.165) is 31.4 Å². The summed E-state index contributed by atoms with van der Waals surface area (Å²) in [4.78, 5) is 42.4. The lowest BCUT2D eigenvalue weighted by molar-refractivity contribution is -0.151. The second kappa shape index (κ2) is 9.91. The zero-order chi connectivity index (χ0) is 29.3. The zero-order valence-electron chi connectivity index (χ0n) is 24.7. The van der Waals surface area contributed by atoms with E-state index in [0.29, 0.717) is 51.3 Å². The van der Waals surface area contributed by atoms with Crippen molar-refractivity contribution in [2.75, 3.05) is 39.3 Å². The van der Waals surface area contributed by atoms with Crippen LogP contribution in [0.1, 0.15) is 58.5 Å². The maximum Gasteiger partial charge on any atom is 0.226 e. The van der Waals surface area contributed by atoms with Gasteiger partial charge in [-0.2, -0.15) is 5.10 Å². The Bertz CT molecular complexity index is 1380. The zero-order valence-corrected chi connectivity index (χ0v) is 24.7. The Morgan fingerprint density at radius 3 is 2.40 bits per heavy atom. The van der Waals surface area contributed by atoms with E-state index in [-0.39, 0.29) is 35.9 Å². The molecule has 2 saturated carbocycles. The Labute approximate surface area is 248 Å². The molecule has 1 spiro atoms. The highest BCUT2D eigenvalue weighted by molar-refractivity contribution is 5.85. The molecule has 4 aliphatic heterocycles. The normalized spacial score (nSPS) is 30.6. The van der Waals surface area contributed by atoms with Gasteiger partial charge in [0.2, 0.25) is 17.7 Å². The summed E-state index contributed by atoms with van der Waals surface area (Å²) in [6.07, 6.45) is 9.26. The van der Waals surface area contributed by atoms with Gasteiger partial charge < -0.3 is 20.3 Å². The minimum Gasteiger partial charge on any atom is -0.369 e. The van der Waals surface area contributed by atoms with E-state index in [4.69, 9.17) is 10.5 Å². The van der Waals surface area contributed by atoms with Crippen molar-refractivity contribution in [1.29, 1.82) is 0 Å². The summed E-state index contributed by atoms with van der Waals surface area (Å²) in [5.41, 5.74) is 7.32. The van der Waals surface area contributed by atoms with Crippen LogP contribution in [0.25, 0.3) is 0 Å². The van der Waals surface area contributed by atoms with Crippen molar-refractivity contribution >= 4 is 17.7 Å². The molecule has 2 aliphatic carbocycles. The minimum absolute atomic E-state index is 0. The number of benzene rings is 1. The number of nitrogens with zero attached hydrogens (tertiary/aromatic N) is 5. The number of ether oxygens (including phenoxy) is 1. The van der Waals surface area contributed by atoms with E-state index in [2.05, 4.69) is 36.0 Å². The van der Waals surface area contributed by atoms with Gasteiger partial charge in [0.1, 0.15) is 0 Å². The van der Waals surface area contributed by atoms with Gasteiger partial charge in [-0.25, -0.2) is 0 Å². The molecule has 2 N–H and O–H groups in total. The van der Waals surface area contributed by atoms with Crippen LogP contribution in [0.2, 0.25) is 0 Å². The van der Waals surface area contributed by atoms with E-state index >= 15 is 0 Å². The molecular formula is C32H44N6O4. The standard InChI is InChI=1S/C25H31N5O3.C7H11NO.H2/c1-23(2)8-19(23)22(32)28-13-24(14-28)15-29(12-20(24)21(26)31)25(16-33-25)18-9-27-30(11-18)10-17-6-4-3-5-7-17;9-7-2-1-5-8(7)6-3-4-6;/h3-7,9,11,19-20H,8,10,12-16H2,1-2H3,(H2,26,31);6H,1-5H2;1H/t19-,20+,25?;;/m1../s1. The fourth-order valence-corrected chi connectivity index (χ4v) is 7.40. The first-order valence-electron chi connectivity index (χ1n) is 15.4. The molecular weight excluding hydrogens is 532 g/mol. The van der Waals surface area contributed by atoms with Crippen LogP contribution in [-0.2, 0) is 31.4 Å². The van der Waals surface area contributed by atoms with Gasteiger partial charge in [-0.3, -0.25) is 24.0 Å². The Balaban J connectivity index is 0.000000281. The highest BCUT2D eigenvalue weighted by Gasteiger charge is 2.65. The van der Waals surface area contributed by atoms with Gasteiger partial charge >= 0.3 is 0 Å². The first-order chi connectivity index (χ1) is 20.1. The summed E-state index contributed by atoms with van der Waals surface area (Å²) in [7, 11) is 0. The minimum atomic E-state index is -0.547. The lowest BCUT2D eigenvalue weighted by Crippen LogP contribution is -2.64. The van der Waals surface area contributed by atoms with Crippen LogP contribution in [0.3, 0.4) is 0 Å². The molecule has 4 saturated heterocycles. The Hall–Kier alpha value is -3.24. The van der Waals surface area contributed by atoms with Crippen LogP contribution in [0.5, 0.6) is 0 Å². The number of epoxide rings is 1. The van der Waals surface area contributed by atoms with Crippen molar-refractivity contribution in [2.45, 2.75) is 64.3 Å². The molecule has 42 heavy (non-hydrogen) atoms. The van der Waals surface area contributed by atoms with Gasteiger partial charge in [0.05, 0.1) is 25.3 Å². The molecule has 226 valence electrons. The molecule has 8 rings (SSSR count). The number of amides is 3. The number of primary amides is 1. The Kier molecular flexibility index (Phi) is 6.51. The fraction of sp³-hybridized carbons (Fsp3) is 0.625. The maximum absolute atomic E-state index is 12.8. The molecule has 10 nitrogen and oxygen atoms in total. The quantitative estimate of drug-likeness (QED) is 0.506. The molecule has 1 aromatic carbocycles. The van der Waals surface area contributed by atoms with Crippen molar-refractivity contribution in [1.82, 2.24) is 24.5 Å². The number of rotatable bonds is 7. The molecule has 6 aliphatic rings. The number of hydrogen-bond donors (Lipinski definition) is 1. The average Bonchev–Trinajstić information content (AvgIpc) is 3.90. The molecule has 10 heteroatoms. The molecule has 2 aromatic rings. The van der Waals surface area contributed by atoms with Crippen molar-refractivity contribution in [3.63, 3.8) is 0 Å². The highest BCUT2D eigenvalue weighted by Crippen LogP contribution is 2.56. The third-order valence-electron chi connectivity index (χ3n) is 10.4. The smallest absolute Gasteiger partial charge is 0.226 e. The van der Waals surface area contributed by atoms with Crippen LogP contribution in [0.15, 0.2) is 42.7 Å². The van der Waals surface area contributed by atoms with Gasteiger partial charge in [0.25, 0.3) is 0 Å². The van der Waals surface area contributed by atoms with E-state index < -0.39 is 5.72 Å². The molecule has 1 unspecified atom stereocenters. The van der Waals surface area contributed by atoms with Crippen LogP contribution < -0.4 is 5.73 Å². The molecule has 0 radical (unpaired) electrons. The summed E-state index contributed by atoms with van der Waals surface area (Å²) in [6.45, 7) is 9.03. The number of hydrogen-bond acceptors (Lipinski definition) is 6. The third-order valence-corrected chi connectivity index (χ3v) is 10.4. The van der Waals surface area contributed by atoms with Crippen LogP contribution >= 0.6 is 0 Å². The maximum atomic E-state index is 12.8. The first-order valence-corrected chi connectivity index (χ1v) is 15.4. The van der Waals surface area contributed by atoms with E-state index in [1.165, 1.54) is 18.4 Å². The first kappa shape index (κ1) is 27.6. The van der Waals surface area contributed by atoms with Crippen LogP contribution in [0, 0.1) is 22.7 Å². The predicted octanol–water partition coefficient (Wildman–Crippen LogP) is 2.42. The summed E-state index contributed by atoms with van der Waals surface area (Å²) in [5, 5.41) is 4.55. The fourth-order valence-electron chi connectivity index (χ4n) is 7.40. The molecule has 5 heterocycles. The second-order valence-electron chi connectivity index (χ2n) is 14.0. The van der Waals surface area contributed by atoms with E-state index in [9.17, 15) is 14.4 Å². The second-order valence-corrected chi connectivity index (χ2v) is 14.0. The largest absolute Gasteiger partial charge is 0.369 e. The lowest BCUT2D eigenvalue weighted by Gasteiger charge is -2.50. The molecule has 1 aromatic heterocycles. The summed E-state index contributed by atoms with van der Waals surface area (Å²) < 4.78 is 7.93. The van der Waals surface area contributed by atoms with Gasteiger partial charge in [0, 0.05) is 69.7 Å². The number of aromatic nitrogens is 2. The number of likely N-dealkylation sites (tertiary alicyclic amines) is 3. The summed E-state index contributed by atoms with van der Waals surface area (Å²) in [5.74, 6) is 0.165. The van der Waals surface area contributed by atoms with Gasteiger partial charge in [-0.15, -0.1) is 0 Å². The monoisotopic (exact) mass is 576 g/mol. The summed E-state index contributed by atoms with van der Waals surface area (Å²) in [6, 6.07) is 10.9. The molecule has 0 bridgehead atoms. The van der Waals surface area contributed by atoms with Crippen molar-refractivity contribution < 1.29 is 20.5 Å². The van der Waals surface area contributed by atoms with Crippen molar-refractivity contribution in [3.05, 3.63) is 53.9 Å². The number of carbonyl (C=O) groups excluding carboxylic acids is 3. The SMILES string of the molecule is CC1(C)C[C@@H]1C(=O)N1CC2(C1)CN(C1(c3cnn(Cc4ccccc4)c3)CO1)C[C@H]2C(N)=O.O=C1CCCN1C1CC1.[HH]. The summed E-state index contributed by atoms with van der Waals surface area (Å²) >= 11 is 0. The van der Waals surface area contributed by atoms with Crippen LogP contribution in [0.4, 0.5) is 0 Å². The third kappa shape index (κ3) is 4.92. The molecule has 6 fully saturated rings. The van der Waals surface area contributed by atoms with Crippen molar-refractivity contribution in [2.24, 2.45) is 28.4 Å². The van der Waals surface area contributed by atoms with Crippen LogP contribution in [-0.4, -0.2) is 87.6 Å².